The SMILES string of the molecule is CCOC(=O)CCC(=O)CSc1cnn(C)c1. The minimum Gasteiger partial charge on any atom is -0.466 e. The monoisotopic (exact) mass is 256 g/mol. The number of thioether (sulfide) groups is 1. The highest BCUT2D eigenvalue weighted by molar-refractivity contribution is 8.00. The molecule has 0 unspecified atom stereocenters. The van der Waals surface area contributed by atoms with Gasteiger partial charge in [-0.3, -0.25) is 14.3 Å². The van der Waals surface area contributed by atoms with E-state index < -0.39 is 0 Å². The first kappa shape index (κ1) is 13.8. The summed E-state index contributed by atoms with van der Waals surface area (Å²) in [7, 11) is 1.83. The Balaban J connectivity index is 2.19. The van der Waals surface area contributed by atoms with Gasteiger partial charge in [-0.2, -0.15) is 5.10 Å². The van der Waals surface area contributed by atoms with Gasteiger partial charge in [-0.05, 0) is 6.92 Å². The molecule has 0 aliphatic rings. The molecule has 0 fully saturated rings. The first-order chi connectivity index (χ1) is 8.11. The Morgan fingerprint density at radius 3 is 2.82 bits per heavy atom. The van der Waals surface area contributed by atoms with E-state index in [-0.39, 0.29) is 24.6 Å². The van der Waals surface area contributed by atoms with Crippen molar-refractivity contribution in [2.24, 2.45) is 7.05 Å². The highest BCUT2D eigenvalue weighted by Crippen LogP contribution is 2.16. The Bertz CT molecular complexity index is 390. The molecule has 0 aliphatic carbocycles. The minimum absolute atomic E-state index is 0.0481. The molecule has 17 heavy (non-hydrogen) atoms. The molecular formula is C11H16N2O3S. The first-order valence-corrected chi connectivity index (χ1v) is 6.39. The zero-order valence-electron chi connectivity index (χ0n) is 10.0. The molecule has 5 nitrogen and oxygen atoms in total. The number of carbonyl (C=O) groups is 2. The molecule has 0 bridgehead atoms. The van der Waals surface area contributed by atoms with Crippen molar-refractivity contribution in [3.63, 3.8) is 0 Å². The highest BCUT2D eigenvalue weighted by Gasteiger charge is 2.08. The molecular weight excluding hydrogens is 240 g/mol. The van der Waals surface area contributed by atoms with E-state index >= 15 is 0 Å². The third-order valence-corrected chi connectivity index (χ3v) is 3.00. The molecule has 0 aliphatic heterocycles. The number of aromatic nitrogens is 2. The number of esters is 1. The van der Waals surface area contributed by atoms with Crippen molar-refractivity contribution in [2.75, 3.05) is 12.4 Å². The molecule has 0 amide bonds. The van der Waals surface area contributed by atoms with Crippen molar-refractivity contribution in [1.29, 1.82) is 0 Å². The fourth-order valence-electron chi connectivity index (χ4n) is 1.18. The Kier molecular flexibility index (Phi) is 5.76. The van der Waals surface area contributed by atoms with Crippen molar-refractivity contribution in [3.8, 4) is 0 Å². The van der Waals surface area contributed by atoms with Crippen molar-refractivity contribution in [1.82, 2.24) is 9.78 Å². The summed E-state index contributed by atoms with van der Waals surface area (Å²) in [5.41, 5.74) is 0. The number of ether oxygens (including phenoxy) is 1. The van der Waals surface area contributed by atoms with Gasteiger partial charge < -0.3 is 4.74 Å². The lowest BCUT2D eigenvalue weighted by Gasteiger charge is -2.00. The number of aryl methyl sites for hydroxylation is 1. The normalized spacial score (nSPS) is 10.2. The lowest BCUT2D eigenvalue weighted by Crippen LogP contribution is -2.08. The van der Waals surface area contributed by atoms with E-state index in [2.05, 4.69) is 5.10 Å². The van der Waals surface area contributed by atoms with Gasteiger partial charge >= 0.3 is 5.97 Å². The van der Waals surface area contributed by atoms with Gasteiger partial charge in [-0.25, -0.2) is 0 Å². The van der Waals surface area contributed by atoms with Crippen LogP contribution in [0.3, 0.4) is 0 Å². The summed E-state index contributed by atoms with van der Waals surface area (Å²) in [5, 5.41) is 4.00. The second kappa shape index (κ2) is 7.11. The van der Waals surface area contributed by atoms with Crippen LogP contribution in [-0.4, -0.2) is 33.9 Å². The smallest absolute Gasteiger partial charge is 0.306 e. The zero-order chi connectivity index (χ0) is 12.7. The number of rotatable bonds is 7. The van der Waals surface area contributed by atoms with E-state index in [4.69, 9.17) is 4.74 Å². The van der Waals surface area contributed by atoms with Crippen LogP contribution in [0.1, 0.15) is 19.8 Å². The van der Waals surface area contributed by atoms with Crippen molar-refractivity contribution < 1.29 is 14.3 Å². The second-order valence-corrected chi connectivity index (χ2v) is 4.53. The Labute approximate surface area is 105 Å². The number of Topliss-reactive ketones (excluding diaryl/α,β-unsaturated/α-hetero) is 1. The van der Waals surface area contributed by atoms with Gasteiger partial charge in [-0.1, -0.05) is 0 Å². The van der Waals surface area contributed by atoms with Crippen LogP contribution in [-0.2, 0) is 21.4 Å². The first-order valence-electron chi connectivity index (χ1n) is 5.40. The molecule has 1 heterocycles. The molecule has 1 aromatic heterocycles. The maximum Gasteiger partial charge on any atom is 0.306 e. The largest absolute Gasteiger partial charge is 0.466 e. The van der Waals surface area contributed by atoms with E-state index in [1.54, 1.807) is 17.8 Å². The van der Waals surface area contributed by atoms with Gasteiger partial charge in [0.2, 0.25) is 0 Å². The molecule has 0 saturated heterocycles. The predicted octanol–water partition coefficient (Wildman–Crippen LogP) is 1.42. The second-order valence-electron chi connectivity index (χ2n) is 3.48. The van der Waals surface area contributed by atoms with Crippen molar-refractivity contribution in [2.45, 2.75) is 24.7 Å². The van der Waals surface area contributed by atoms with Crippen LogP contribution in [0.5, 0.6) is 0 Å². The van der Waals surface area contributed by atoms with Gasteiger partial charge in [0.15, 0.2) is 0 Å². The third-order valence-electron chi connectivity index (χ3n) is 1.99. The number of nitrogens with zero attached hydrogens (tertiary/aromatic N) is 2. The summed E-state index contributed by atoms with van der Waals surface area (Å²) in [4.78, 5) is 23.5. The molecule has 0 N–H and O–H groups in total. The Morgan fingerprint density at radius 2 is 2.24 bits per heavy atom. The van der Waals surface area contributed by atoms with Gasteiger partial charge in [0.1, 0.15) is 5.78 Å². The van der Waals surface area contributed by atoms with Gasteiger partial charge in [0, 0.05) is 24.6 Å². The van der Waals surface area contributed by atoms with Crippen molar-refractivity contribution >= 4 is 23.5 Å². The van der Waals surface area contributed by atoms with Crippen LogP contribution in [0.4, 0.5) is 0 Å². The number of hydrogen-bond acceptors (Lipinski definition) is 5. The fourth-order valence-corrected chi connectivity index (χ4v) is 2.00. The summed E-state index contributed by atoms with van der Waals surface area (Å²) < 4.78 is 6.43. The fraction of sp³-hybridized carbons (Fsp3) is 0.545. The molecule has 0 radical (unpaired) electrons. The molecule has 1 rings (SSSR count). The summed E-state index contributed by atoms with van der Waals surface area (Å²) in [6.45, 7) is 2.11. The van der Waals surface area contributed by atoms with Gasteiger partial charge in [-0.15, -0.1) is 11.8 Å². The van der Waals surface area contributed by atoms with Crippen LogP contribution >= 0.6 is 11.8 Å². The maximum atomic E-state index is 11.5. The van der Waals surface area contributed by atoms with E-state index in [1.807, 2.05) is 13.2 Å². The molecule has 0 saturated carbocycles. The minimum atomic E-state index is -0.313. The molecule has 94 valence electrons. The van der Waals surface area contributed by atoms with Crippen LogP contribution in [0.2, 0.25) is 0 Å². The van der Waals surface area contributed by atoms with Gasteiger partial charge in [0.25, 0.3) is 0 Å². The lowest BCUT2D eigenvalue weighted by molar-refractivity contribution is -0.144. The topological polar surface area (TPSA) is 61.2 Å². The van der Waals surface area contributed by atoms with E-state index in [0.717, 1.165) is 4.90 Å². The molecule has 1 aromatic rings. The standard InChI is InChI=1S/C11H16N2O3S/c1-3-16-11(15)5-4-9(14)8-17-10-6-12-13(2)7-10/h6-7H,3-5,8H2,1-2H3. The van der Waals surface area contributed by atoms with E-state index in [1.165, 1.54) is 11.8 Å². The quantitative estimate of drug-likeness (QED) is 0.545. The highest BCUT2D eigenvalue weighted by atomic mass is 32.2. The van der Waals surface area contributed by atoms with Crippen LogP contribution < -0.4 is 0 Å². The summed E-state index contributed by atoms with van der Waals surface area (Å²) in [6, 6.07) is 0. The van der Waals surface area contributed by atoms with Crippen molar-refractivity contribution in [3.05, 3.63) is 12.4 Å². The summed E-state index contributed by atoms with van der Waals surface area (Å²) >= 11 is 1.43. The average Bonchev–Trinajstić information content (AvgIpc) is 2.70. The maximum absolute atomic E-state index is 11.5. The lowest BCUT2D eigenvalue weighted by atomic mass is 10.2. The van der Waals surface area contributed by atoms with Crippen LogP contribution in [0.25, 0.3) is 0 Å². The summed E-state index contributed by atoms with van der Waals surface area (Å²) in [6.07, 6.45) is 3.97. The number of ketones is 1. The Hall–Kier alpha value is -1.30. The molecule has 0 aromatic carbocycles. The number of hydrogen-bond donors (Lipinski definition) is 0. The van der Waals surface area contributed by atoms with Gasteiger partial charge in [0.05, 0.1) is 25.0 Å². The molecule has 0 atom stereocenters. The predicted molar refractivity (Wildman–Crippen MR) is 64.8 cm³/mol. The molecule has 6 heteroatoms. The van der Waals surface area contributed by atoms with E-state index in [0.29, 0.717) is 12.4 Å². The Morgan fingerprint density at radius 1 is 1.47 bits per heavy atom. The average molecular weight is 256 g/mol. The zero-order valence-corrected chi connectivity index (χ0v) is 10.8. The number of carbonyl (C=O) groups excluding carboxylic acids is 2. The molecule has 0 spiro atoms. The summed E-state index contributed by atoms with van der Waals surface area (Å²) in [5.74, 6) is 0.101. The van der Waals surface area contributed by atoms with E-state index in [9.17, 15) is 9.59 Å². The van der Waals surface area contributed by atoms with Crippen LogP contribution in [0, 0.1) is 0 Å². The third kappa shape index (κ3) is 5.53. The van der Waals surface area contributed by atoms with Crippen LogP contribution in [0.15, 0.2) is 17.3 Å².